The van der Waals surface area contributed by atoms with Gasteiger partial charge in [-0.25, -0.2) is 0 Å². The first kappa shape index (κ1) is 8.24. The molecule has 1 saturated carbocycles. The second-order valence-electron chi connectivity index (χ2n) is 2.67. The lowest BCUT2D eigenvalue weighted by Gasteiger charge is -2.36. The van der Waals surface area contributed by atoms with Crippen molar-refractivity contribution in [3.63, 3.8) is 0 Å². The van der Waals surface area contributed by atoms with Crippen LogP contribution in [0.25, 0.3) is 0 Å². The maximum atomic E-state index is 11.9. The Kier molecular flexibility index (Phi) is 2.18. The summed E-state index contributed by atoms with van der Waals surface area (Å²) in [6.07, 6.45) is -2.99. The second-order valence-corrected chi connectivity index (χ2v) is 3.03. The van der Waals surface area contributed by atoms with Gasteiger partial charge in [0.1, 0.15) is 0 Å². The van der Waals surface area contributed by atoms with E-state index in [2.05, 4.69) is 12.6 Å². The summed E-state index contributed by atoms with van der Waals surface area (Å²) in [5.41, 5.74) is 0. The van der Waals surface area contributed by atoms with Gasteiger partial charge in [-0.1, -0.05) is 0 Å². The summed E-state index contributed by atoms with van der Waals surface area (Å²) in [5.74, 6) is -0.919. The third kappa shape index (κ3) is 1.41. The zero-order valence-electron chi connectivity index (χ0n) is 5.36. The van der Waals surface area contributed by atoms with Crippen LogP contribution in [-0.4, -0.2) is 11.9 Å². The van der Waals surface area contributed by atoms with E-state index in [4.69, 9.17) is 0 Å². The molecule has 0 amide bonds. The maximum Gasteiger partial charge on any atom is 0.392 e. The molecule has 10 heavy (non-hydrogen) atoms. The van der Waals surface area contributed by atoms with Gasteiger partial charge < -0.3 is 0 Å². The lowest BCUT2D eigenvalue weighted by Crippen LogP contribution is -2.38. The Hall–Kier alpha value is 0.140. The Labute approximate surface area is 63.2 Å². The Balaban J connectivity index is 2.43. The van der Waals surface area contributed by atoms with Gasteiger partial charge in [0.05, 0.1) is 5.92 Å². The topological polar surface area (TPSA) is 0 Å². The van der Waals surface area contributed by atoms with Crippen molar-refractivity contribution in [3.8, 4) is 0 Å². The van der Waals surface area contributed by atoms with Crippen LogP contribution < -0.4 is 0 Å². The van der Waals surface area contributed by atoms with E-state index in [1.165, 1.54) is 0 Å². The fourth-order valence-corrected chi connectivity index (χ4v) is 1.66. The molecule has 4 heteroatoms. The summed E-state index contributed by atoms with van der Waals surface area (Å²) in [4.78, 5) is 0. The van der Waals surface area contributed by atoms with Crippen molar-refractivity contribution < 1.29 is 13.2 Å². The Bertz CT molecular complexity index is 119. The largest absolute Gasteiger partial charge is 0.392 e. The minimum Gasteiger partial charge on any atom is -0.179 e. The van der Waals surface area contributed by atoms with Gasteiger partial charge in [0.25, 0.3) is 0 Å². The van der Waals surface area contributed by atoms with Crippen LogP contribution in [0.15, 0.2) is 0 Å². The molecule has 0 aromatic carbocycles. The quantitative estimate of drug-likeness (QED) is 0.574. The third-order valence-electron chi connectivity index (χ3n) is 2.07. The lowest BCUT2D eigenvalue weighted by atomic mass is 9.74. The fraction of sp³-hybridized carbons (Fsp3) is 1.00. The second kappa shape index (κ2) is 2.64. The summed E-state index contributed by atoms with van der Waals surface area (Å²) in [6.45, 7) is 0. The van der Waals surface area contributed by atoms with E-state index in [0.29, 0.717) is 18.6 Å². The SMILES string of the molecule is FC(F)(F)[C@@H]1CC[C@H]1CS. The average molecular weight is 170 g/mol. The number of halogens is 3. The van der Waals surface area contributed by atoms with Crippen molar-refractivity contribution in [1.29, 1.82) is 0 Å². The van der Waals surface area contributed by atoms with E-state index in [-0.39, 0.29) is 5.92 Å². The van der Waals surface area contributed by atoms with Crippen LogP contribution in [0.2, 0.25) is 0 Å². The molecule has 0 aromatic rings. The first-order chi connectivity index (χ1) is 4.55. The molecule has 0 aromatic heterocycles. The van der Waals surface area contributed by atoms with Crippen molar-refractivity contribution in [2.75, 3.05) is 5.75 Å². The van der Waals surface area contributed by atoms with Gasteiger partial charge in [0.2, 0.25) is 0 Å². The van der Waals surface area contributed by atoms with E-state index < -0.39 is 12.1 Å². The summed E-state index contributed by atoms with van der Waals surface area (Å²) >= 11 is 3.84. The third-order valence-corrected chi connectivity index (χ3v) is 2.54. The lowest BCUT2D eigenvalue weighted by molar-refractivity contribution is -0.209. The van der Waals surface area contributed by atoms with Gasteiger partial charge in [-0.15, -0.1) is 0 Å². The molecular weight excluding hydrogens is 161 g/mol. The molecule has 0 radical (unpaired) electrons. The minimum atomic E-state index is -3.98. The molecule has 0 nitrogen and oxygen atoms in total. The van der Waals surface area contributed by atoms with Gasteiger partial charge in [0, 0.05) is 0 Å². The Morgan fingerprint density at radius 1 is 1.30 bits per heavy atom. The van der Waals surface area contributed by atoms with E-state index in [9.17, 15) is 13.2 Å². The van der Waals surface area contributed by atoms with Crippen LogP contribution in [0.5, 0.6) is 0 Å². The monoisotopic (exact) mass is 170 g/mol. The molecule has 2 atom stereocenters. The molecule has 0 unspecified atom stereocenters. The molecule has 0 N–H and O–H groups in total. The highest BCUT2D eigenvalue weighted by molar-refractivity contribution is 7.80. The van der Waals surface area contributed by atoms with E-state index in [1.54, 1.807) is 0 Å². The molecule has 0 bridgehead atoms. The molecule has 0 saturated heterocycles. The summed E-state index contributed by atoms with van der Waals surface area (Å²) in [6, 6.07) is 0. The highest BCUT2D eigenvalue weighted by Gasteiger charge is 2.48. The number of alkyl halides is 3. The first-order valence-electron chi connectivity index (χ1n) is 3.23. The molecule has 0 heterocycles. The molecule has 1 rings (SSSR count). The van der Waals surface area contributed by atoms with Crippen LogP contribution in [-0.2, 0) is 0 Å². The van der Waals surface area contributed by atoms with Crippen LogP contribution in [0.1, 0.15) is 12.8 Å². The maximum absolute atomic E-state index is 11.9. The number of thiol groups is 1. The molecule has 1 aliphatic rings. The van der Waals surface area contributed by atoms with E-state index >= 15 is 0 Å². The number of hydrogen-bond acceptors (Lipinski definition) is 1. The van der Waals surface area contributed by atoms with Gasteiger partial charge >= 0.3 is 6.18 Å². The van der Waals surface area contributed by atoms with E-state index in [1.807, 2.05) is 0 Å². The Morgan fingerprint density at radius 3 is 2.00 bits per heavy atom. The number of hydrogen-bond donors (Lipinski definition) is 1. The van der Waals surface area contributed by atoms with Crippen molar-refractivity contribution in [1.82, 2.24) is 0 Å². The van der Waals surface area contributed by atoms with Crippen LogP contribution in [0.3, 0.4) is 0 Å². The summed E-state index contributed by atoms with van der Waals surface area (Å²) in [7, 11) is 0. The highest BCUT2D eigenvalue weighted by atomic mass is 32.1. The van der Waals surface area contributed by atoms with Crippen LogP contribution in [0, 0.1) is 11.8 Å². The normalized spacial score (nSPS) is 33.6. The van der Waals surface area contributed by atoms with Gasteiger partial charge in [-0.2, -0.15) is 25.8 Å². The molecule has 0 aliphatic heterocycles. The minimum absolute atomic E-state index is 0.219. The molecule has 60 valence electrons. The van der Waals surface area contributed by atoms with Crippen molar-refractivity contribution in [3.05, 3.63) is 0 Å². The van der Waals surface area contributed by atoms with Crippen molar-refractivity contribution >= 4 is 12.6 Å². The number of rotatable bonds is 1. The summed E-state index contributed by atoms with van der Waals surface area (Å²) in [5, 5.41) is 0. The fourth-order valence-electron chi connectivity index (χ4n) is 1.22. The standard InChI is InChI=1S/C6H9F3S/c7-6(8,9)5-2-1-4(5)3-10/h4-5,10H,1-3H2/t4-,5+/m0/s1. The zero-order valence-corrected chi connectivity index (χ0v) is 6.25. The predicted octanol–water partition coefficient (Wildman–Crippen LogP) is 2.50. The van der Waals surface area contributed by atoms with Gasteiger partial charge in [-0.05, 0) is 24.5 Å². The Morgan fingerprint density at radius 2 is 1.90 bits per heavy atom. The molecule has 1 aliphatic carbocycles. The predicted molar refractivity (Wildman–Crippen MR) is 36.1 cm³/mol. The molecule has 1 fully saturated rings. The summed E-state index contributed by atoms with van der Waals surface area (Å²) < 4.78 is 35.7. The van der Waals surface area contributed by atoms with E-state index in [0.717, 1.165) is 0 Å². The van der Waals surface area contributed by atoms with Crippen molar-refractivity contribution in [2.24, 2.45) is 11.8 Å². The van der Waals surface area contributed by atoms with Gasteiger partial charge in [-0.3, -0.25) is 0 Å². The highest BCUT2D eigenvalue weighted by Crippen LogP contribution is 2.45. The zero-order chi connectivity index (χ0) is 7.78. The molecular formula is C6H9F3S. The van der Waals surface area contributed by atoms with Crippen molar-refractivity contribution in [2.45, 2.75) is 19.0 Å². The average Bonchev–Trinajstić information content (AvgIpc) is 1.57. The van der Waals surface area contributed by atoms with Gasteiger partial charge in [0.15, 0.2) is 0 Å². The van der Waals surface area contributed by atoms with Crippen LogP contribution >= 0.6 is 12.6 Å². The smallest absolute Gasteiger partial charge is 0.179 e. The molecule has 0 spiro atoms. The first-order valence-corrected chi connectivity index (χ1v) is 3.86. The van der Waals surface area contributed by atoms with Crippen LogP contribution in [0.4, 0.5) is 13.2 Å².